The molecular weight excluding hydrogens is 342 g/mol. The van der Waals surface area contributed by atoms with Crippen LogP contribution in [0.5, 0.6) is 0 Å². The highest BCUT2D eigenvalue weighted by Crippen LogP contribution is 2.25. The number of nitrogens with one attached hydrogen (secondary N) is 1. The van der Waals surface area contributed by atoms with Crippen LogP contribution in [0.2, 0.25) is 0 Å². The maximum Gasteiger partial charge on any atom is 0.253 e. The molecule has 8 heteroatoms. The monoisotopic (exact) mass is 354 g/mol. The van der Waals surface area contributed by atoms with Crippen LogP contribution in [-0.2, 0) is 0 Å². The zero-order valence-corrected chi connectivity index (χ0v) is 13.5. The van der Waals surface area contributed by atoms with E-state index >= 15 is 0 Å². The Kier molecular flexibility index (Phi) is 4.71. The van der Waals surface area contributed by atoms with Gasteiger partial charge in [0.2, 0.25) is 0 Å². The Balaban J connectivity index is 1.94. The van der Waals surface area contributed by atoms with Crippen molar-refractivity contribution in [3.63, 3.8) is 0 Å². The predicted octanol–water partition coefficient (Wildman–Crippen LogP) is 3.38. The Morgan fingerprint density at radius 3 is 2.62 bits per heavy atom. The molecule has 0 radical (unpaired) electrons. The quantitative estimate of drug-likeness (QED) is 0.775. The summed E-state index contributed by atoms with van der Waals surface area (Å²) in [5, 5.41) is 15.6. The average molecular weight is 354 g/mol. The number of hydrogen-bond donors (Lipinski definition) is 1. The van der Waals surface area contributed by atoms with E-state index in [0.29, 0.717) is 5.69 Å². The van der Waals surface area contributed by atoms with Crippen molar-refractivity contribution in [3.8, 4) is 17.2 Å². The van der Waals surface area contributed by atoms with E-state index in [1.807, 2.05) is 6.07 Å². The van der Waals surface area contributed by atoms with Crippen molar-refractivity contribution in [1.29, 1.82) is 5.26 Å². The number of aromatic nitrogens is 2. The highest BCUT2D eigenvalue weighted by molar-refractivity contribution is 5.95. The van der Waals surface area contributed by atoms with Crippen molar-refractivity contribution in [2.24, 2.45) is 0 Å². The van der Waals surface area contributed by atoms with E-state index in [2.05, 4.69) is 15.5 Å². The normalized spacial score (nSPS) is 11.6. The van der Waals surface area contributed by atoms with Gasteiger partial charge in [0.15, 0.2) is 0 Å². The topological polar surface area (TPSA) is 91.8 Å². The Morgan fingerprint density at radius 1 is 1.27 bits per heavy atom. The molecule has 3 aromatic rings. The molecule has 0 aliphatic heterocycles. The second-order valence-corrected chi connectivity index (χ2v) is 5.51. The van der Waals surface area contributed by atoms with Gasteiger partial charge >= 0.3 is 0 Å². The number of nitriles is 1. The molecule has 0 aliphatic carbocycles. The molecule has 6 nitrogen and oxygen atoms in total. The van der Waals surface area contributed by atoms with Crippen LogP contribution in [0, 0.1) is 23.0 Å². The van der Waals surface area contributed by atoms with E-state index in [1.54, 1.807) is 13.0 Å². The van der Waals surface area contributed by atoms with Crippen LogP contribution in [0.25, 0.3) is 11.1 Å². The van der Waals surface area contributed by atoms with Gasteiger partial charge in [-0.3, -0.25) is 4.79 Å². The number of hydrogen-bond acceptors (Lipinski definition) is 5. The minimum Gasteiger partial charge on any atom is -0.364 e. The number of carbonyl (C=O) groups is 1. The number of nitrogens with zero attached hydrogens (tertiary/aromatic N) is 3. The maximum absolute atomic E-state index is 13.5. The number of amides is 1. The van der Waals surface area contributed by atoms with Crippen molar-refractivity contribution < 1.29 is 18.1 Å². The summed E-state index contributed by atoms with van der Waals surface area (Å²) < 4.78 is 31.7. The zero-order valence-electron chi connectivity index (χ0n) is 13.5. The molecule has 130 valence electrons. The van der Waals surface area contributed by atoms with Gasteiger partial charge in [0.1, 0.15) is 35.4 Å². The largest absolute Gasteiger partial charge is 0.364 e. The summed E-state index contributed by atoms with van der Waals surface area (Å²) >= 11 is 0. The molecule has 0 saturated heterocycles. The third kappa shape index (κ3) is 3.57. The third-order valence-electron chi connectivity index (χ3n) is 3.68. The van der Waals surface area contributed by atoms with Gasteiger partial charge in [-0.25, -0.2) is 13.8 Å². The van der Waals surface area contributed by atoms with Gasteiger partial charge in [-0.05, 0) is 30.7 Å². The summed E-state index contributed by atoms with van der Waals surface area (Å²) in [6.07, 6.45) is 2.61. The van der Waals surface area contributed by atoms with E-state index in [1.165, 1.54) is 18.5 Å². The number of carbonyl (C=O) groups excluding carboxylic acids is 1. The van der Waals surface area contributed by atoms with Gasteiger partial charge in [0, 0.05) is 23.9 Å². The summed E-state index contributed by atoms with van der Waals surface area (Å²) in [7, 11) is 0. The number of benzene rings is 1. The van der Waals surface area contributed by atoms with Crippen LogP contribution < -0.4 is 5.32 Å². The number of rotatable bonds is 4. The SMILES string of the molecule is CC(NC(=O)c1cnc(C#N)c(-c2cc(F)cc(F)c2)c1)c1ccon1. The van der Waals surface area contributed by atoms with Gasteiger partial charge in [-0.15, -0.1) is 0 Å². The Bertz CT molecular complexity index is 977. The summed E-state index contributed by atoms with van der Waals surface area (Å²) in [6, 6.07) is 7.27. The fourth-order valence-corrected chi connectivity index (χ4v) is 2.41. The molecule has 0 saturated carbocycles. The van der Waals surface area contributed by atoms with Gasteiger partial charge < -0.3 is 9.84 Å². The standard InChI is InChI=1S/C18H12F2N4O2/c1-10(16-2-3-26-24-16)23-18(25)12-6-15(17(8-21)22-9-12)11-4-13(19)7-14(20)5-11/h2-7,9-10H,1H3,(H,23,25). The lowest BCUT2D eigenvalue weighted by atomic mass is 10.0. The molecule has 0 bridgehead atoms. The van der Waals surface area contributed by atoms with Crippen molar-refractivity contribution in [2.75, 3.05) is 0 Å². The second-order valence-electron chi connectivity index (χ2n) is 5.51. The lowest BCUT2D eigenvalue weighted by Gasteiger charge is -2.12. The molecule has 1 aromatic carbocycles. The van der Waals surface area contributed by atoms with Gasteiger partial charge in [0.25, 0.3) is 5.91 Å². The van der Waals surface area contributed by atoms with E-state index in [-0.39, 0.29) is 22.4 Å². The molecule has 1 N–H and O–H groups in total. The van der Waals surface area contributed by atoms with Crippen LogP contribution in [0.1, 0.15) is 34.7 Å². The van der Waals surface area contributed by atoms with Crippen LogP contribution in [0.4, 0.5) is 8.78 Å². The van der Waals surface area contributed by atoms with Crippen molar-refractivity contribution in [1.82, 2.24) is 15.5 Å². The van der Waals surface area contributed by atoms with Crippen molar-refractivity contribution >= 4 is 5.91 Å². The van der Waals surface area contributed by atoms with Crippen LogP contribution in [0.3, 0.4) is 0 Å². The van der Waals surface area contributed by atoms with Crippen molar-refractivity contribution in [2.45, 2.75) is 13.0 Å². The molecule has 26 heavy (non-hydrogen) atoms. The Morgan fingerprint density at radius 2 is 2.00 bits per heavy atom. The molecule has 0 spiro atoms. The fourth-order valence-electron chi connectivity index (χ4n) is 2.41. The van der Waals surface area contributed by atoms with Gasteiger partial charge in [-0.2, -0.15) is 5.26 Å². The number of halogens is 2. The molecule has 1 amide bonds. The first kappa shape index (κ1) is 17.2. The second kappa shape index (κ2) is 7.11. The lowest BCUT2D eigenvalue weighted by Crippen LogP contribution is -2.27. The molecule has 0 aliphatic rings. The molecule has 3 rings (SSSR count). The summed E-state index contributed by atoms with van der Waals surface area (Å²) in [5.41, 5.74) is 0.904. The first-order valence-electron chi connectivity index (χ1n) is 7.55. The fraction of sp³-hybridized carbons (Fsp3) is 0.111. The van der Waals surface area contributed by atoms with E-state index in [9.17, 15) is 18.8 Å². The van der Waals surface area contributed by atoms with E-state index in [0.717, 1.165) is 18.2 Å². The lowest BCUT2D eigenvalue weighted by molar-refractivity contribution is 0.0938. The highest BCUT2D eigenvalue weighted by Gasteiger charge is 2.17. The van der Waals surface area contributed by atoms with Gasteiger partial charge in [-0.1, -0.05) is 5.16 Å². The highest BCUT2D eigenvalue weighted by atomic mass is 19.1. The zero-order chi connectivity index (χ0) is 18.7. The third-order valence-corrected chi connectivity index (χ3v) is 3.68. The van der Waals surface area contributed by atoms with Gasteiger partial charge in [0.05, 0.1) is 11.6 Å². The minimum atomic E-state index is -0.793. The predicted molar refractivity (Wildman–Crippen MR) is 86.7 cm³/mol. The maximum atomic E-state index is 13.5. The minimum absolute atomic E-state index is 0.0453. The molecule has 1 atom stereocenters. The molecule has 0 fully saturated rings. The summed E-state index contributed by atoms with van der Waals surface area (Å²) in [4.78, 5) is 16.3. The molecule has 2 heterocycles. The number of pyridine rings is 1. The van der Waals surface area contributed by atoms with Crippen LogP contribution in [0.15, 0.2) is 47.3 Å². The van der Waals surface area contributed by atoms with Crippen molar-refractivity contribution in [3.05, 3.63) is 71.4 Å². The molecular formula is C18H12F2N4O2. The Hall–Kier alpha value is -3.60. The summed E-state index contributed by atoms with van der Waals surface area (Å²) in [5.74, 6) is -2.06. The van der Waals surface area contributed by atoms with E-state index in [4.69, 9.17) is 4.52 Å². The van der Waals surface area contributed by atoms with Crippen LogP contribution in [-0.4, -0.2) is 16.0 Å². The first-order valence-corrected chi connectivity index (χ1v) is 7.55. The first-order chi connectivity index (χ1) is 12.5. The molecule has 1 unspecified atom stereocenters. The Labute approximate surface area is 147 Å². The summed E-state index contributed by atoms with van der Waals surface area (Å²) in [6.45, 7) is 1.72. The van der Waals surface area contributed by atoms with E-state index < -0.39 is 23.6 Å². The average Bonchev–Trinajstić information content (AvgIpc) is 3.15. The smallest absolute Gasteiger partial charge is 0.253 e. The van der Waals surface area contributed by atoms with Crippen LogP contribution >= 0.6 is 0 Å². The molecule has 2 aromatic heterocycles.